The van der Waals surface area contributed by atoms with E-state index in [-0.39, 0.29) is 5.60 Å². The van der Waals surface area contributed by atoms with Gasteiger partial charge in [0.15, 0.2) is 0 Å². The van der Waals surface area contributed by atoms with Gasteiger partial charge in [-0.3, -0.25) is 0 Å². The van der Waals surface area contributed by atoms with Crippen LogP contribution in [0.4, 0.5) is 0 Å². The van der Waals surface area contributed by atoms with Crippen LogP contribution in [-0.4, -0.2) is 5.60 Å². The van der Waals surface area contributed by atoms with Crippen LogP contribution in [0.2, 0.25) is 0 Å². The van der Waals surface area contributed by atoms with Gasteiger partial charge in [-0.25, -0.2) is 0 Å². The molecule has 1 aromatic carbocycles. The topological polar surface area (TPSA) is 9.23 Å². The summed E-state index contributed by atoms with van der Waals surface area (Å²) in [4.78, 5) is 0. The van der Waals surface area contributed by atoms with E-state index in [9.17, 15) is 0 Å². The fraction of sp³-hybridized carbons (Fsp3) is 0.333. The molecule has 0 aliphatic carbocycles. The number of benzene rings is 1. The van der Waals surface area contributed by atoms with Crippen LogP contribution >= 0.6 is 0 Å². The molecule has 1 nitrogen and oxygen atoms in total. The van der Waals surface area contributed by atoms with Crippen LogP contribution in [0.15, 0.2) is 24.3 Å². The van der Waals surface area contributed by atoms with Gasteiger partial charge in [-0.15, -0.1) is 0 Å². The molecule has 0 saturated carbocycles. The van der Waals surface area contributed by atoms with Gasteiger partial charge in [-0.05, 0) is 19.1 Å². The Bertz CT molecular complexity index is 376. The molecule has 68 valence electrons. The minimum atomic E-state index is -0.0704. The summed E-state index contributed by atoms with van der Waals surface area (Å²) in [5.41, 5.74) is -0.0704. The second kappa shape index (κ2) is 2.91. The smallest absolute Gasteiger partial charge is 0.106 e. The Labute approximate surface area is 78.3 Å². The molecule has 0 saturated heterocycles. The summed E-state index contributed by atoms with van der Waals surface area (Å²) in [7, 11) is 0. The number of ether oxygens (including phenoxy) is 1. The third kappa shape index (κ3) is 1.74. The predicted molar refractivity (Wildman–Crippen MR) is 54.4 cm³/mol. The maximum Gasteiger partial charge on any atom is 0.106 e. The van der Waals surface area contributed by atoms with E-state index < -0.39 is 0 Å². The second-order valence-electron chi connectivity index (χ2n) is 4.03. The molecule has 13 heavy (non-hydrogen) atoms. The predicted octanol–water partition coefficient (Wildman–Crippen LogP) is 1.40. The highest BCUT2D eigenvalue weighted by Crippen LogP contribution is 2.15. The van der Waals surface area contributed by atoms with Crippen LogP contribution in [0.25, 0.3) is 12.3 Å². The summed E-state index contributed by atoms with van der Waals surface area (Å²) >= 11 is 0. The van der Waals surface area contributed by atoms with Crippen LogP contribution in [-0.2, 0) is 4.74 Å². The fourth-order valence-corrected chi connectivity index (χ4v) is 1.43. The van der Waals surface area contributed by atoms with Gasteiger partial charge in [0.05, 0.1) is 6.26 Å². The zero-order valence-electron chi connectivity index (χ0n) is 8.08. The average Bonchev–Trinajstić information content (AvgIpc) is 2.27. The van der Waals surface area contributed by atoms with Gasteiger partial charge in [-0.1, -0.05) is 30.3 Å². The number of rotatable bonds is 0. The lowest BCUT2D eigenvalue weighted by Gasteiger charge is -2.21. The van der Waals surface area contributed by atoms with Gasteiger partial charge in [0.2, 0.25) is 0 Å². The average molecular weight is 174 g/mol. The van der Waals surface area contributed by atoms with E-state index in [0.29, 0.717) is 0 Å². The lowest BCUT2D eigenvalue weighted by atomic mass is 10.0. The molecule has 1 aromatic rings. The summed E-state index contributed by atoms with van der Waals surface area (Å²) in [6.45, 7) is 4.21. The largest absolute Gasteiger partial charge is 0.495 e. The van der Waals surface area contributed by atoms with Crippen LogP contribution in [0.3, 0.4) is 0 Å². The van der Waals surface area contributed by atoms with E-state index in [0.717, 1.165) is 6.42 Å². The molecule has 1 heterocycles. The summed E-state index contributed by atoms with van der Waals surface area (Å²) in [6, 6.07) is 8.29. The van der Waals surface area contributed by atoms with E-state index in [1.165, 1.54) is 10.4 Å². The van der Waals surface area contributed by atoms with Crippen molar-refractivity contribution in [3.63, 3.8) is 0 Å². The van der Waals surface area contributed by atoms with Crippen molar-refractivity contribution in [2.45, 2.75) is 25.9 Å². The Morgan fingerprint density at radius 2 is 1.85 bits per heavy atom. The van der Waals surface area contributed by atoms with E-state index in [4.69, 9.17) is 4.74 Å². The molecule has 1 heteroatoms. The first-order valence-corrected chi connectivity index (χ1v) is 4.61. The standard InChI is InChI=1S/C12H14O/c1-12(2)8-7-10-5-3-4-6-11(10)9-13-12/h3-7,9H,8H2,1-2H3. The van der Waals surface area contributed by atoms with Crippen molar-refractivity contribution in [2.24, 2.45) is 0 Å². The van der Waals surface area contributed by atoms with Gasteiger partial charge in [-0.2, -0.15) is 0 Å². The summed E-state index contributed by atoms with van der Waals surface area (Å²) < 4.78 is 5.66. The molecular weight excluding hydrogens is 160 g/mol. The van der Waals surface area contributed by atoms with Gasteiger partial charge in [0.25, 0.3) is 0 Å². The first kappa shape index (κ1) is 8.36. The van der Waals surface area contributed by atoms with Crippen molar-refractivity contribution in [1.82, 2.24) is 0 Å². The lowest BCUT2D eigenvalue weighted by molar-refractivity contribution is 0.0954. The minimum Gasteiger partial charge on any atom is -0.495 e. The van der Waals surface area contributed by atoms with Crippen molar-refractivity contribution < 1.29 is 4.74 Å². The Morgan fingerprint density at radius 1 is 1.15 bits per heavy atom. The van der Waals surface area contributed by atoms with Crippen LogP contribution < -0.4 is 10.4 Å². The van der Waals surface area contributed by atoms with Crippen LogP contribution in [0, 0.1) is 0 Å². The number of hydrogen-bond acceptors (Lipinski definition) is 1. The number of fused-ring (bicyclic) bond motifs is 1. The van der Waals surface area contributed by atoms with Gasteiger partial charge < -0.3 is 4.74 Å². The third-order valence-electron chi connectivity index (χ3n) is 2.31. The van der Waals surface area contributed by atoms with Crippen molar-refractivity contribution in [2.75, 3.05) is 0 Å². The maximum absolute atomic E-state index is 5.66. The van der Waals surface area contributed by atoms with E-state index in [1.54, 1.807) is 0 Å². The molecule has 0 bridgehead atoms. The second-order valence-corrected chi connectivity index (χ2v) is 4.03. The van der Waals surface area contributed by atoms with Crippen molar-refractivity contribution in [3.05, 3.63) is 34.7 Å². The molecule has 0 atom stereocenters. The van der Waals surface area contributed by atoms with E-state index >= 15 is 0 Å². The van der Waals surface area contributed by atoms with E-state index in [2.05, 4.69) is 38.1 Å². The monoisotopic (exact) mass is 174 g/mol. The summed E-state index contributed by atoms with van der Waals surface area (Å²) in [6.07, 6.45) is 5.05. The van der Waals surface area contributed by atoms with Crippen molar-refractivity contribution in [1.29, 1.82) is 0 Å². The van der Waals surface area contributed by atoms with Gasteiger partial charge in [0.1, 0.15) is 5.60 Å². The molecule has 0 radical (unpaired) electrons. The van der Waals surface area contributed by atoms with E-state index in [1.807, 2.05) is 12.3 Å². The van der Waals surface area contributed by atoms with Crippen LogP contribution in [0.5, 0.6) is 0 Å². The first-order valence-electron chi connectivity index (χ1n) is 4.61. The van der Waals surface area contributed by atoms with Crippen molar-refractivity contribution >= 4 is 12.3 Å². The first-order chi connectivity index (χ1) is 6.17. The molecule has 1 aliphatic heterocycles. The fourth-order valence-electron chi connectivity index (χ4n) is 1.43. The summed E-state index contributed by atoms with van der Waals surface area (Å²) in [5, 5.41) is 2.45. The highest BCUT2D eigenvalue weighted by atomic mass is 16.5. The molecule has 2 rings (SSSR count). The zero-order valence-corrected chi connectivity index (χ0v) is 8.08. The molecule has 0 fully saturated rings. The highest BCUT2D eigenvalue weighted by Gasteiger charge is 2.16. The quantitative estimate of drug-likeness (QED) is 0.577. The molecule has 0 spiro atoms. The SMILES string of the molecule is CC1(C)CC=c2ccccc2=CO1. The molecule has 1 aliphatic rings. The Kier molecular flexibility index (Phi) is 1.87. The highest BCUT2D eigenvalue weighted by molar-refractivity contribution is 5.32. The Hall–Kier alpha value is -1.24. The summed E-state index contributed by atoms with van der Waals surface area (Å²) in [5.74, 6) is 0. The van der Waals surface area contributed by atoms with Gasteiger partial charge in [0, 0.05) is 11.6 Å². The van der Waals surface area contributed by atoms with Crippen LogP contribution in [0.1, 0.15) is 20.3 Å². The molecular formula is C12H14O. The van der Waals surface area contributed by atoms with Crippen molar-refractivity contribution in [3.8, 4) is 0 Å². The molecule has 0 aromatic heterocycles. The van der Waals surface area contributed by atoms with Gasteiger partial charge >= 0.3 is 0 Å². The lowest BCUT2D eigenvalue weighted by Crippen LogP contribution is -2.22. The normalized spacial score (nSPS) is 18.6. The molecule has 0 amide bonds. The Balaban J connectivity index is 2.59. The molecule has 0 unspecified atom stereocenters. The Morgan fingerprint density at radius 3 is 2.62 bits per heavy atom. The number of hydrogen-bond donors (Lipinski definition) is 0. The zero-order chi connectivity index (χ0) is 9.31. The molecule has 0 N–H and O–H groups in total. The third-order valence-corrected chi connectivity index (χ3v) is 2.31. The maximum atomic E-state index is 5.66. The minimum absolute atomic E-state index is 0.0704.